The van der Waals surface area contributed by atoms with Gasteiger partial charge < -0.3 is 10.1 Å². The zero-order valence-corrected chi connectivity index (χ0v) is 15.7. The minimum Gasteiger partial charge on any atom is -0.483 e. The Morgan fingerprint density at radius 2 is 1.92 bits per heavy atom. The molecule has 2 aromatic rings. The molecule has 0 aliphatic heterocycles. The molecule has 2 rings (SSSR count). The van der Waals surface area contributed by atoms with Gasteiger partial charge in [-0.1, -0.05) is 17.7 Å². The van der Waals surface area contributed by atoms with Crippen LogP contribution in [0, 0.1) is 6.92 Å². The first kappa shape index (κ1) is 20.0. The second kappa shape index (κ2) is 8.84. The van der Waals surface area contributed by atoms with Crippen LogP contribution in [-0.4, -0.2) is 27.5 Å². The molecule has 138 valence electrons. The molecule has 0 aromatic heterocycles. The molecule has 0 aliphatic carbocycles. The molecule has 2 aromatic carbocycles. The Bertz CT molecular complexity index is 896. The van der Waals surface area contributed by atoms with Crippen molar-refractivity contribution in [1.29, 1.82) is 0 Å². The first-order valence-corrected chi connectivity index (χ1v) is 9.57. The molecule has 0 radical (unpaired) electrons. The standard InChI is InChI=1S/C18H19ClN2O4S/c1-3-10-20-26(23,24)16-7-5-15(6-8-16)21-18(22)12-25-17-9-4-14(19)11-13(17)2/h3-9,11,20H,1,10,12H2,2H3,(H,21,22). The Morgan fingerprint density at radius 3 is 2.54 bits per heavy atom. The first-order valence-electron chi connectivity index (χ1n) is 7.71. The third-order valence-electron chi connectivity index (χ3n) is 3.36. The SMILES string of the molecule is C=CCNS(=O)(=O)c1ccc(NC(=O)COc2ccc(Cl)cc2C)cc1. The second-order valence-electron chi connectivity index (χ2n) is 5.41. The minimum absolute atomic E-state index is 0.102. The van der Waals surface area contributed by atoms with E-state index in [2.05, 4.69) is 16.6 Å². The molecule has 2 N–H and O–H groups in total. The smallest absolute Gasteiger partial charge is 0.262 e. The van der Waals surface area contributed by atoms with Gasteiger partial charge in [-0.15, -0.1) is 6.58 Å². The predicted molar refractivity (Wildman–Crippen MR) is 102 cm³/mol. The molecule has 0 bridgehead atoms. The summed E-state index contributed by atoms with van der Waals surface area (Å²) in [6.45, 7) is 5.26. The molecule has 0 saturated carbocycles. The van der Waals surface area contributed by atoms with Gasteiger partial charge in [-0.25, -0.2) is 13.1 Å². The van der Waals surface area contributed by atoms with E-state index in [4.69, 9.17) is 16.3 Å². The van der Waals surface area contributed by atoms with Crippen LogP contribution >= 0.6 is 11.6 Å². The largest absolute Gasteiger partial charge is 0.483 e. The highest BCUT2D eigenvalue weighted by molar-refractivity contribution is 7.89. The van der Waals surface area contributed by atoms with Crippen molar-refractivity contribution >= 4 is 33.2 Å². The molecule has 0 spiro atoms. The van der Waals surface area contributed by atoms with Gasteiger partial charge in [0.1, 0.15) is 5.75 Å². The lowest BCUT2D eigenvalue weighted by molar-refractivity contribution is -0.118. The van der Waals surface area contributed by atoms with Gasteiger partial charge in [0.05, 0.1) is 4.90 Å². The molecule has 26 heavy (non-hydrogen) atoms. The van der Waals surface area contributed by atoms with E-state index in [0.717, 1.165) is 5.56 Å². The number of halogens is 1. The Kier molecular flexibility index (Phi) is 6.79. The number of hydrogen-bond donors (Lipinski definition) is 2. The van der Waals surface area contributed by atoms with Gasteiger partial charge in [0, 0.05) is 17.3 Å². The van der Waals surface area contributed by atoms with Crippen LogP contribution in [0.3, 0.4) is 0 Å². The van der Waals surface area contributed by atoms with Crippen LogP contribution in [0.2, 0.25) is 5.02 Å². The normalized spacial score (nSPS) is 11.0. The van der Waals surface area contributed by atoms with Gasteiger partial charge in [0.15, 0.2) is 6.61 Å². The summed E-state index contributed by atoms with van der Waals surface area (Å²) >= 11 is 5.87. The quantitative estimate of drug-likeness (QED) is 0.673. The molecule has 0 fully saturated rings. The van der Waals surface area contributed by atoms with Gasteiger partial charge in [-0.3, -0.25) is 4.79 Å². The fourth-order valence-electron chi connectivity index (χ4n) is 2.08. The molecule has 0 unspecified atom stereocenters. The Labute approximate surface area is 157 Å². The number of aryl methyl sites for hydroxylation is 1. The van der Waals surface area contributed by atoms with Gasteiger partial charge in [-0.05, 0) is 55.0 Å². The Morgan fingerprint density at radius 1 is 1.23 bits per heavy atom. The van der Waals surface area contributed by atoms with Crippen LogP contribution in [0.4, 0.5) is 5.69 Å². The van der Waals surface area contributed by atoms with E-state index < -0.39 is 10.0 Å². The number of ether oxygens (including phenoxy) is 1. The van der Waals surface area contributed by atoms with Crippen molar-refractivity contribution in [3.63, 3.8) is 0 Å². The van der Waals surface area contributed by atoms with Gasteiger partial charge >= 0.3 is 0 Å². The van der Waals surface area contributed by atoms with Crippen LogP contribution in [0.15, 0.2) is 60.0 Å². The summed E-state index contributed by atoms with van der Waals surface area (Å²) in [6, 6.07) is 11.0. The number of benzene rings is 2. The topological polar surface area (TPSA) is 84.5 Å². The summed E-state index contributed by atoms with van der Waals surface area (Å²) in [5.74, 6) is 0.207. The van der Waals surface area contributed by atoms with E-state index in [-0.39, 0.29) is 24.0 Å². The molecule has 6 nitrogen and oxygen atoms in total. The lowest BCUT2D eigenvalue weighted by Gasteiger charge is -2.10. The highest BCUT2D eigenvalue weighted by Crippen LogP contribution is 2.21. The monoisotopic (exact) mass is 394 g/mol. The van der Waals surface area contributed by atoms with Gasteiger partial charge in [0.25, 0.3) is 5.91 Å². The molecule has 0 heterocycles. The maximum Gasteiger partial charge on any atom is 0.262 e. The molecule has 1 amide bonds. The molecule has 0 atom stereocenters. The maximum atomic E-state index is 12.0. The van der Waals surface area contributed by atoms with Crippen molar-refractivity contribution in [3.8, 4) is 5.75 Å². The number of carbonyl (C=O) groups excluding carboxylic acids is 1. The summed E-state index contributed by atoms with van der Waals surface area (Å²) in [7, 11) is -3.59. The summed E-state index contributed by atoms with van der Waals surface area (Å²) in [5, 5.41) is 3.24. The summed E-state index contributed by atoms with van der Waals surface area (Å²) < 4.78 is 31.8. The van der Waals surface area contributed by atoms with Crippen molar-refractivity contribution in [3.05, 3.63) is 65.7 Å². The van der Waals surface area contributed by atoms with E-state index in [1.807, 2.05) is 6.92 Å². The van der Waals surface area contributed by atoms with Crippen molar-refractivity contribution in [2.24, 2.45) is 0 Å². The lowest BCUT2D eigenvalue weighted by Crippen LogP contribution is -2.23. The molecular weight excluding hydrogens is 376 g/mol. The summed E-state index contributed by atoms with van der Waals surface area (Å²) in [4.78, 5) is 12.1. The van der Waals surface area contributed by atoms with E-state index >= 15 is 0 Å². The second-order valence-corrected chi connectivity index (χ2v) is 7.62. The predicted octanol–water partition coefficient (Wildman–Crippen LogP) is 3.13. The highest BCUT2D eigenvalue weighted by atomic mass is 35.5. The fraction of sp³-hybridized carbons (Fsp3) is 0.167. The van der Waals surface area contributed by atoms with Crippen molar-refractivity contribution in [2.75, 3.05) is 18.5 Å². The van der Waals surface area contributed by atoms with Crippen molar-refractivity contribution in [2.45, 2.75) is 11.8 Å². The first-order chi connectivity index (χ1) is 12.3. The zero-order valence-electron chi connectivity index (χ0n) is 14.2. The third kappa shape index (κ3) is 5.59. The molecular formula is C18H19ClN2O4S. The Balaban J connectivity index is 1.94. The third-order valence-corrected chi connectivity index (χ3v) is 5.04. The summed E-state index contributed by atoms with van der Waals surface area (Å²) in [5.41, 5.74) is 1.29. The van der Waals surface area contributed by atoms with Crippen LogP contribution in [0.5, 0.6) is 5.75 Å². The maximum absolute atomic E-state index is 12.0. The number of nitrogens with one attached hydrogen (secondary N) is 2. The number of hydrogen-bond acceptors (Lipinski definition) is 4. The number of rotatable bonds is 8. The molecule has 0 saturated heterocycles. The molecule has 8 heteroatoms. The van der Waals surface area contributed by atoms with E-state index in [1.54, 1.807) is 18.2 Å². The number of amides is 1. The van der Waals surface area contributed by atoms with Crippen LogP contribution < -0.4 is 14.8 Å². The zero-order chi connectivity index (χ0) is 19.2. The Hall–Kier alpha value is -2.35. The molecule has 0 aliphatic rings. The minimum atomic E-state index is -3.59. The highest BCUT2D eigenvalue weighted by Gasteiger charge is 2.13. The lowest BCUT2D eigenvalue weighted by atomic mass is 10.2. The number of carbonyl (C=O) groups is 1. The number of anilines is 1. The average molecular weight is 395 g/mol. The van der Waals surface area contributed by atoms with E-state index in [1.165, 1.54) is 30.3 Å². The van der Waals surface area contributed by atoms with E-state index in [9.17, 15) is 13.2 Å². The van der Waals surface area contributed by atoms with Crippen molar-refractivity contribution in [1.82, 2.24) is 4.72 Å². The average Bonchev–Trinajstić information content (AvgIpc) is 2.60. The van der Waals surface area contributed by atoms with Gasteiger partial charge in [0.2, 0.25) is 10.0 Å². The van der Waals surface area contributed by atoms with Gasteiger partial charge in [-0.2, -0.15) is 0 Å². The van der Waals surface area contributed by atoms with Crippen LogP contribution in [0.1, 0.15) is 5.56 Å². The van der Waals surface area contributed by atoms with Crippen LogP contribution in [0.25, 0.3) is 0 Å². The number of sulfonamides is 1. The fourth-order valence-corrected chi connectivity index (χ4v) is 3.31. The van der Waals surface area contributed by atoms with E-state index in [0.29, 0.717) is 16.5 Å². The van der Waals surface area contributed by atoms with Crippen molar-refractivity contribution < 1.29 is 17.9 Å². The van der Waals surface area contributed by atoms with Crippen LogP contribution in [-0.2, 0) is 14.8 Å². The summed E-state index contributed by atoms with van der Waals surface area (Å²) in [6.07, 6.45) is 1.45.